The van der Waals surface area contributed by atoms with Crippen LogP contribution in [0.3, 0.4) is 0 Å². The van der Waals surface area contributed by atoms with Crippen molar-refractivity contribution in [2.45, 2.75) is 15.7 Å². The van der Waals surface area contributed by atoms with Crippen molar-refractivity contribution in [1.29, 1.82) is 0 Å². The van der Waals surface area contributed by atoms with E-state index in [2.05, 4.69) is 4.98 Å². The summed E-state index contributed by atoms with van der Waals surface area (Å²) in [5.74, 6) is -0.188. The molecule has 0 aliphatic heterocycles. The molecule has 1 aromatic heterocycles. The molecule has 84 valence electrons. The van der Waals surface area contributed by atoms with Gasteiger partial charge in [0.1, 0.15) is 5.82 Å². The van der Waals surface area contributed by atoms with Gasteiger partial charge in [0.25, 0.3) is 0 Å². The molecule has 0 aliphatic rings. The van der Waals surface area contributed by atoms with Crippen molar-refractivity contribution in [3.63, 3.8) is 0 Å². The molecule has 1 heterocycles. The van der Waals surface area contributed by atoms with Gasteiger partial charge in [-0.3, -0.25) is 0 Å². The molecule has 0 radical (unpaired) electrons. The van der Waals surface area contributed by atoms with Crippen molar-refractivity contribution < 1.29 is 4.39 Å². The first-order valence-corrected chi connectivity index (χ1v) is 6.55. The smallest absolute Gasteiger partial charge is 0.154 e. The maximum atomic E-state index is 13.6. The number of thiazole rings is 1. The molecule has 0 saturated carbocycles. The molecule has 0 spiro atoms. The average molecular weight is 254 g/mol. The molecule has 5 heteroatoms. The lowest BCUT2D eigenvalue weighted by atomic mass is 10.1. The monoisotopic (exact) mass is 254 g/mol. The van der Waals surface area contributed by atoms with E-state index in [9.17, 15) is 4.39 Å². The van der Waals surface area contributed by atoms with Gasteiger partial charge < -0.3 is 5.73 Å². The van der Waals surface area contributed by atoms with Crippen LogP contribution in [0.1, 0.15) is 5.56 Å². The van der Waals surface area contributed by atoms with Crippen LogP contribution in [-0.2, 0) is 6.42 Å². The molecular formula is C11H11FN2S2. The number of nitrogens with two attached hydrogens (primary N) is 1. The molecule has 0 aliphatic carbocycles. The summed E-state index contributed by atoms with van der Waals surface area (Å²) < 4.78 is 14.5. The van der Waals surface area contributed by atoms with Gasteiger partial charge in [0.15, 0.2) is 4.34 Å². The van der Waals surface area contributed by atoms with E-state index in [0.29, 0.717) is 18.5 Å². The van der Waals surface area contributed by atoms with Crippen molar-refractivity contribution in [2.24, 2.45) is 5.73 Å². The van der Waals surface area contributed by atoms with Gasteiger partial charge in [0.05, 0.1) is 0 Å². The van der Waals surface area contributed by atoms with Crippen LogP contribution >= 0.6 is 23.1 Å². The van der Waals surface area contributed by atoms with Gasteiger partial charge in [0.2, 0.25) is 0 Å². The quantitative estimate of drug-likeness (QED) is 0.911. The highest BCUT2D eigenvalue weighted by Crippen LogP contribution is 2.32. The number of hydrogen-bond donors (Lipinski definition) is 1. The maximum absolute atomic E-state index is 13.6. The fourth-order valence-electron chi connectivity index (χ4n) is 1.38. The lowest BCUT2D eigenvalue weighted by Gasteiger charge is -2.07. The lowest BCUT2D eigenvalue weighted by Crippen LogP contribution is -2.05. The molecule has 0 saturated heterocycles. The summed E-state index contributed by atoms with van der Waals surface area (Å²) in [5.41, 5.74) is 6.17. The highest BCUT2D eigenvalue weighted by Gasteiger charge is 2.09. The third kappa shape index (κ3) is 2.61. The number of nitrogens with zero attached hydrogens (tertiary/aromatic N) is 1. The second kappa shape index (κ2) is 5.43. The summed E-state index contributed by atoms with van der Waals surface area (Å²) in [7, 11) is 0. The number of rotatable bonds is 4. The van der Waals surface area contributed by atoms with Gasteiger partial charge in [-0.2, -0.15) is 0 Å². The van der Waals surface area contributed by atoms with Gasteiger partial charge in [-0.25, -0.2) is 9.37 Å². The Labute approximate surface area is 102 Å². The fourth-order valence-corrected chi connectivity index (χ4v) is 3.14. The van der Waals surface area contributed by atoms with Crippen molar-refractivity contribution in [2.75, 3.05) is 6.54 Å². The molecule has 1 aromatic carbocycles. The Morgan fingerprint density at radius 2 is 2.31 bits per heavy atom. The van der Waals surface area contributed by atoms with Crippen molar-refractivity contribution >= 4 is 23.1 Å². The molecule has 2 N–H and O–H groups in total. The Balaban J connectivity index is 2.29. The Hall–Kier alpha value is -0.910. The Kier molecular flexibility index (Phi) is 3.93. The van der Waals surface area contributed by atoms with E-state index in [-0.39, 0.29) is 5.82 Å². The van der Waals surface area contributed by atoms with Gasteiger partial charge in [-0.15, -0.1) is 11.3 Å². The zero-order valence-electron chi connectivity index (χ0n) is 8.52. The summed E-state index contributed by atoms with van der Waals surface area (Å²) in [6.45, 7) is 0.451. The maximum Gasteiger partial charge on any atom is 0.154 e. The van der Waals surface area contributed by atoms with Crippen LogP contribution in [-0.4, -0.2) is 11.5 Å². The summed E-state index contributed by atoms with van der Waals surface area (Å²) >= 11 is 3.04. The van der Waals surface area contributed by atoms with E-state index in [0.717, 1.165) is 9.24 Å². The first kappa shape index (κ1) is 11.6. The first-order chi connectivity index (χ1) is 7.81. The number of aromatic nitrogens is 1. The molecular weight excluding hydrogens is 243 g/mol. The zero-order chi connectivity index (χ0) is 11.4. The van der Waals surface area contributed by atoms with Gasteiger partial charge in [-0.1, -0.05) is 17.8 Å². The molecule has 0 amide bonds. The summed E-state index contributed by atoms with van der Waals surface area (Å²) in [4.78, 5) is 5.07. The van der Waals surface area contributed by atoms with Gasteiger partial charge in [-0.05, 0) is 25.1 Å². The standard InChI is InChI=1S/C11H11FN2S2/c12-9-2-1-3-10(8(9)4-5-13)16-11-14-6-7-15-11/h1-3,6-7H,4-5,13H2. The largest absolute Gasteiger partial charge is 0.330 e. The predicted octanol–water partition coefficient (Wildman–Crippen LogP) is 2.93. The van der Waals surface area contributed by atoms with Crippen LogP contribution in [0.15, 0.2) is 39.0 Å². The number of hydrogen-bond acceptors (Lipinski definition) is 4. The summed E-state index contributed by atoms with van der Waals surface area (Å²) in [5, 5.41) is 1.91. The third-order valence-corrected chi connectivity index (χ3v) is 4.06. The van der Waals surface area contributed by atoms with Crippen molar-refractivity contribution in [1.82, 2.24) is 4.98 Å². The molecule has 0 atom stereocenters. The highest BCUT2D eigenvalue weighted by atomic mass is 32.2. The van der Waals surface area contributed by atoms with Crippen LogP contribution in [0.5, 0.6) is 0 Å². The van der Waals surface area contributed by atoms with E-state index >= 15 is 0 Å². The minimum atomic E-state index is -0.188. The van der Waals surface area contributed by atoms with Crippen LogP contribution in [0.4, 0.5) is 4.39 Å². The first-order valence-electron chi connectivity index (χ1n) is 4.86. The second-order valence-electron chi connectivity index (χ2n) is 3.16. The van der Waals surface area contributed by atoms with Crippen LogP contribution in [0, 0.1) is 5.82 Å². The SMILES string of the molecule is NCCc1c(F)cccc1Sc1nccs1. The normalized spacial score (nSPS) is 10.6. The highest BCUT2D eigenvalue weighted by molar-refractivity contribution is 8.01. The number of halogens is 1. The Bertz CT molecular complexity index is 457. The fraction of sp³-hybridized carbons (Fsp3) is 0.182. The van der Waals surface area contributed by atoms with E-state index in [4.69, 9.17) is 5.73 Å². The van der Waals surface area contributed by atoms with E-state index in [1.54, 1.807) is 23.6 Å². The third-order valence-electron chi connectivity index (χ3n) is 2.08. The summed E-state index contributed by atoms with van der Waals surface area (Å²) in [6.07, 6.45) is 2.30. The van der Waals surface area contributed by atoms with Crippen molar-refractivity contribution in [3.05, 3.63) is 41.2 Å². The molecule has 2 rings (SSSR count). The van der Waals surface area contributed by atoms with E-state index in [1.165, 1.54) is 17.8 Å². The van der Waals surface area contributed by atoms with E-state index < -0.39 is 0 Å². The average Bonchev–Trinajstić information content (AvgIpc) is 2.76. The Morgan fingerprint density at radius 3 is 3.00 bits per heavy atom. The topological polar surface area (TPSA) is 38.9 Å². The minimum absolute atomic E-state index is 0.188. The molecule has 2 nitrogen and oxygen atoms in total. The molecule has 16 heavy (non-hydrogen) atoms. The lowest BCUT2D eigenvalue weighted by molar-refractivity contribution is 0.603. The molecule has 0 unspecified atom stereocenters. The molecule has 0 bridgehead atoms. The Morgan fingerprint density at radius 1 is 1.44 bits per heavy atom. The van der Waals surface area contributed by atoms with Crippen molar-refractivity contribution in [3.8, 4) is 0 Å². The van der Waals surface area contributed by atoms with Crippen LogP contribution in [0.2, 0.25) is 0 Å². The predicted molar refractivity (Wildman–Crippen MR) is 65.4 cm³/mol. The second-order valence-corrected chi connectivity index (χ2v) is 5.34. The van der Waals surface area contributed by atoms with Gasteiger partial charge >= 0.3 is 0 Å². The molecule has 2 aromatic rings. The van der Waals surface area contributed by atoms with E-state index in [1.807, 2.05) is 11.4 Å². The minimum Gasteiger partial charge on any atom is -0.330 e. The van der Waals surface area contributed by atoms with Crippen LogP contribution in [0.25, 0.3) is 0 Å². The molecule has 0 fully saturated rings. The number of benzene rings is 1. The summed E-state index contributed by atoms with van der Waals surface area (Å²) in [6, 6.07) is 5.09. The zero-order valence-corrected chi connectivity index (χ0v) is 10.2. The van der Waals surface area contributed by atoms with Crippen LogP contribution < -0.4 is 5.73 Å². The van der Waals surface area contributed by atoms with Gasteiger partial charge in [0, 0.05) is 22.0 Å².